The van der Waals surface area contributed by atoms with Crippen LogP contribution in [0.15, 0.2) is 24.3 Å². The summed E-state index contributed by atoms with van der Waals surface area (Å²) in [4.78, 5) is 5.87. The van der Waals surface area contributed by atoms with Gasteiger partial charge in [-0.15, -0.1) is 11.3 Å². The second-order valence-electron chi connectivity index (χ2n) is 3.88. The molecule has 1 N–H and O–H groups in total. The van der Waals surface area contributed by atoms with Crippen molar-refractivity contribution in [3.8, 4) is 0 Å². The zero-order chi connectivity index (χ0) is 11.5. The lowest BCUT2D eigenvalue weighted by Crippen LogP contribution is -1.94. The highest BCUT2D eigenvalue weighted by atomic mass is 32.1. The maximum absolute atomic E-state index is 4.57. The van der Waals surface area contributed by atoms with Crippen molar-refractivity contribution in [1.29, 1.82) is 0 Å². The van der Waals surface area contributed by atoms with E-state index in [2.05, 4.69) is 48.4 Å². The van der Waals surface area contributed by atoms with Crippen molar-refractivity contribution in [2.24, 2.45) is 0 Å². The molecule has 0 spiro atoms. The first-order valence-corrected chi connectivity index (χ1v) is 6.21. The molecule has 0 amide bonds. The van der Waals surface area contributed by atoms with Gasteiger partial charge in [0.15, 0.2) is 5.13 Å². The van der Waals surface area contributed by atoms with E-state index in [4.69, 9.17) is 0 Å². The van der Waals surface area contributed by atoms with Crippen LogP contribution in [0.25, 0.3) is 0 Å². The molecule has 2 rings (SSSR count). The molecule has 0 aliphatic carbocycles. The number of thiazole rings is 1. The van der Waals surface area contributed by atoms with Gasteiger partial charge in [-0.25, -0.2) is 4.98 Å². The Balaban J connectivity index is 2.27. The lowest BCUT2D eigenvalue weighted by molar-refractivity contribution is 1.07. The first kappa shape index (κ1) is 11.1. The van der Waals surface area contributed by atoms with Gasteiger partial charge in [0, 0.05) is 18.3 Å². The number of nitrogens with one attached hydrogen (secondary N) is 1. The van der Waals surface area contributed by atoms with Crippen LogP contribution >= 0.6 is 11.3 Å². The SMILES string of the molecule is CNc1nc(Cc2ccccc2C)c(C)s1. The van der Waals surface area contributed by atoms with Crippen LogP contribution < -0.4 is 5.32 Å². The van der Waals surface area contributed by atoms with Gasteiger partial charge in [0.25, 0.3) is 0 Å². The summed E-state index contributed by atoms with van der Waals surface area (Å²) in [6.07, 6.45) is 0.927. The summed E-state index contributed by atoms with van der Waals surface area (Å²) in [7, 11) is 1.91. The van der Waals surface area contributed by atoms with Crippen LogP contribution in [-0.2, 0) is 6.42 Å². The zero-order valence-electron chi connectivity index (χ0n) is 9.87. The highest BCUT2D eigenvalue weighted by Crippen LogP contribution is 2.24. The smallest absolute Gasteiger partial charge is 0.182 e. The van der Waals surface area contributed by atoms with Crippen LogP contribution in [0.4, 0.5) is 5.13 Å². The predicted molar refractivity (Wildman–Crippen MR) is 70.4 cm³/mol. The largest absolute Gasteiger partial charge is 0.365 e. The summed E-state index contributed by atoms with van der Waals surface area (Å²) in [5.41, 5.74) is 3.88. The summed E-state index contributed by atoms with van der Waals surface area (Å²) in [6.45, 7) is 4.28. The molecule has 0 radical (unpaired) electrons. The molecule has 0 saturated carbocycles. The molecule has 1 heterocycles. The molecule has 0 saturated heterocycles. The van der Waals surface area contributed by atoms with E-state index in [0.717, 1.165) is 11.6 Å². The van der Waals surface area contributed by atoms with Crippen molar-refractivity contribution < 1.29 is 0 Å². The second-order valence-corrected chi connectivity index (χ2v) is 5.08. The van der Waals surface area contributed by atoms with Gasteiger partial charge in [-0.3, -0.25) is 0 Å². The van der Waals surface area contributed by atoms with Gasteiger partial charge in [-0.1, -0.05) is 24.3 Å². The Hall–Kier alpha value is -1.35. The van der Waals surface area contributed by atoms with E-state index in [9.17, 15) is 0 Å². The van der Waals surface area contributed by atoms with Crippen LogP contribution in [0.2, 0.25) is 0 Å². The van der Waals surface area contributed by atoms with Gasteiger partial charge >= 0.3 is 0 Å². The maximum atomic E-state index is 4.57. The average molecular weight is 232 g/mol. The fraction of sp³-hybridized carbons (Fsp3) is 0.308. The monoisotopic (exact) mass is 232 g/mol. The molecular weight excluding hydrogens is 216 g/mol. The lowest BCUT2D eigenvalue weighted by atomic mass is 10.0. The van der Waals surface area contributed by atoms with E-state index in [1.54, 1.807) is 11.3 Å². The van der Waals surface area contributed by atoms with Crippen molar-refractivity contribution in [2.45, 2.75) is 20.3 Å². The molecule has 0 fully saturated rings. The van der Waals surface area contributed by atoms with Crippen molar-refractivity contribution in [3.63, 3.8) is 0 Å². The summed E-state index contributed by atoms with van der Waals surface area (Å²) in [5, 5.41) is 4.10. The van der Waals surface area contributed by atoms with Crippen molar-refractivity contribution in [2.75, 3.05) is 12.4 Å². The van der Waals surface area contributed by atoms with Gasteiger partial charge in [-0.2, -0.15) is 0 Å². The fourth-order valence-electron chi connectivity index (χ4n) is 1.69. The molecule has 84 valence electrons. The molecule has 3 heteroatoms. The minimum Gasteiger partial charge on any atom is -0.365 e. The molecule has 0 bridgehead atoms. The number of hydrogen-bond acceptors (Lipinski definition) is 3. The first-order chi connectivity index (χ1) is 7.70. The third-order valence-corrected chi connectivity index (χ3v) is 3.76. The summed E-state index contributed by atoms with van der Waals surface area (Å²) >= 11 is 1.72. The molecule has 0 aliphatic heterocycles. The number of aryl methyl sites for hydroxylation is 2. The molecule has 1 aromatic carbocycles. The van der Waals surface area contributed by atoms with Crippen LogP contribution in [-0.4, -0.2) is 12.0 Å². The van der Waals surface area contributed by atoms with E-state index in [1.807, 2.05) is 7.05 Å². The Morgan fingerprint density at radius 2 is 2.00 bits per heavy atom. The zero-order valence-corrected chi connectivity index (χ0v) is 10.7. The van der Waals surface area contributed by atoms with E-state index in [1.165, 1.54) is 21.7 Å². The number of benzene rings is 1. The Bertz CT molecular complexity index is 488. The number of nitrogens with zero attached hydrogens (tertiary/aromatic N) is 1. The molecule has 16 heavy (non-hydrogen) atoms. The third kappa shape index (κ3) is 2.25. The standard InChI is InChI=1S/C13H16N2S/c1-9-6-4-5-7-11(9)8-12-10(2)16-13(14-3)15-12/h4-7H,8H2,1-3H3,(H,14,15). The van der Waals surface area contributed by atoms with Gasteiger partial charge < -0.3 is 5.32 Å². The molecule has 0 atom stereocenters. The third-order valence-electron chi connectivity index (χ3n) is 2.73. The molecule has 0 unspecified atom stereocenters. The number of hydrogen-bond donors (Lipinski definition) is 1. The summed E-state index contributed by atoms with van der Waals surface area (Å²) in [5.74, 6) is 0. The van der Waals surface area contributed by atoms with E-state index < -0.39 is 0 Å². The van der Waals surface area contributed by atoms with Crippen LogP contribution in [0, 0.1) is 13.8 Å². The van der Waals surface area contributed by atoms with Crippen LogP contribution in [0.1, 0.15) is 21.7 Å². The fourth-order valence-corrected chi connectivity index (χ4v) is 2.47. The lowest BCUT2D eigenvalue weighted by Gasteiger charge is -2.03. The van der Waals surface area contributed by atoms with Gasteiger partial charge in [0.1, 0.15) is 0 Å². The predicted octanol–water partition coefficient (Wildman–Crippen LogP) is 3.39. The Labute approximate surface area is 100 Å². The van der Waals surface area contributed by atoms with Gasteiger partial charge in [0.2, 0.25) is 0 Å². The van der Waals surface area contributed by atoms with Gasteiger partial charge in [-0.05, 0) is 25.0 Å². The average Bonchev–Trinajstić information content (AvgIpc) is 2.63. The number of aromatic nitrogens is 1. The normalized spacial score (nSPS) is 10.4. The Morgan fingerprint density at radius 3 is 2.62 bits per heavy atom. The minimum absolute atomic E-state index is 0.927. The number of rotatable bonds is 3. The Morgan fingerprint density at radius 1 is 1.25 bits per heavy atom. The molecule has 1 aromatic heterocycles. The van der Waals surface area contributed by atoms with Crippen molar-refractivity contribution >= 4 is 16.5 Å². The van der Waals surface area contributed by atoms with Crippen LogP contribution in [0.5, 0.6) is 0 Å². The second kappa shape index (κ2) is 4.66. The highest BCUT2D eigenvalue weighted by Gasteiger charge is 2.08. The first-order valence-electron chi connectivity index (χ1n) is 5.39. The molecule has 2 aromatic rings. The van der Waals surface area contributed by atoms with Crippen molar-refractivity contribution in [3.05, 3.63) is 46.0 Å². The quantitative estimate of drug-likeness (QED) is 0.877. The Kier molecular flexibility index (Phi) is 3.25. The number of anilines is 1. The highest BCUT2D eigenvalue weighted by molar-refractivity contribution is 7.15. The minimum atomic E-state index is 0.927. The van der Waals surface area contributed by atoms with Crippen molar-refractivity contribution in [1.82, 2.24) is 4.98 Å². The molecule has 0 aliphatic rings. The summed E-state index contributed by atoms with van der Waals surface area (Å²) in [6, 6.07) is 8.48. The van der Waals surface area contributed by atoms with Gasteiger partial charge in [0.05, 0.1) is 5.69 Å². The molecular formula is C13H16N2S. The topological polar surface area (TPSA) is 24.9 Å². The van der Waals surface area contributed by atoms with Crippen LogP contribution in [0.3, 0.4) is 0 Å². The maximum Gasteiger partial charge on any atom is 0.182 e. The van der Waals surface area contributed by atoms with E-state index in [-0.39, 0.29) is 0 Å². The summed E-state index contributed by atoms with van der Waals surface area (Å²) < 4.78 is 0. The molecule has 2 nitrogen and oxygen atoms in total. The van der Waals surface area contributed by atoms with E-state index in [0.29, 0.717) is 0 Å². The van der Waals surface area contributed by atoms with E-state index >= 15 is 0 Å².